The van der Waals surface area contributed by atoms with Gasteiger partial charge in [-0.15, -0.1) is 0 Å². The fourth-order valence-electron chi connectivity index (χ4n) is 2.63. The minimum absolute atomic E-state index is 0.0653. The molecule has 0 spiro atoms. The monoisotopic (exact) mass is 397 g/mol. The summed E-state index contributed by atoms with van der Waals surface area (Å²) in [5.41, 5.74) is 5.97. The average molecular weight is 397 g/mol. The van der Waals surface area contributed by atoms with Gasteiger partial charge >= 0.3 is 18.2 Å². The number of primary amides is 1. The molecule has 2 aromatic rings. The number of nitrogens with one attached hydrogen (secondary N) is 1. The topological polar surface area (TPSA) is 103 Å². The Hall–Kier alpha value is -3.30. The van der Waals surface area contributed by atoms with Crippen molar-refractivity contribution in [3.63, 3.8) is 0 Å². The first-order chi connectivity index (χ1) is 13.0. The number of ketones is 1. The highest BCUT2D eigenvalue weighted by atomic mass is 19.4. The lowest BCUT2D eigenvalue weighted by molar-refractivity contribution is -0.141. The van der Waals surface area contributed by atoms with Crippen LogP contribution in [0.3, 0.4) is 0 Å². The van der Waals surface area contributed by atoms with E-state index < -0.39 is 37.1 Å². The third-order valence-corrected chi connectivity index (χ3v) is 3.93. The number of urea groups is 1. The van der Waals surface area contributed by atoms with Gasteiger partial charge in [-0.3, -0.25) is 4.79 Å². The summed E-state index contributed by atoms with van der Waals surface area (Å²) in [4.78, 5) is 35.0. The van der Waals surface area contributed by atoms with Crippen molar-refractivity contribution in [2.24, 2.45) is 5.73 Å². The molecule has 0 unspecified atom stereocenters. The molecule has 2 amide bonds. The highest BCUT2D eigenvalue weighted by molar-refractivity contribution is 6.00. The van der Waals surface area contributed by atoms with Gasteiger partial charge < -0.3 is 20.4 Å². The number of alkyl halides is 3. The molecule has 0 aliphatic carbocycles. The third-order valence-electron chi connectivity index (χ3n) is 3.93. The Morgan fingerprint density at radius 1 is 1.14 bits per heavy atom. The van der Waals surface area contributed by atoms with Crippen molar-refractivity contribution in [3.05, 3.63) is 52.8 Å². The van der Waals surface area contributed by atoms with Gasteiger partial charge in [-0.05, 0) is 44.2 Å². The molecule has 0 radical (unpaired) electrons. The molecule has 0 bridgehead atoms. The third kappa shape index (κ3) is 5.35. The number of amides is 2. The van der Waals surface area contributed by atoms with Gasteiger partial charge in [-0.1, -0.05) is 0 Å². The van der Waals surface area contributed by atoms with E-state index in [9.17, 15) is 27.6 Å². The lowest BCUT2D eigenvalue weighted by Gasteiger charge is -2.12. The van der Waals surface area contributed by atoms with Crippen molar-refractivity contribution in [1.82, 2.24) is 4.57 Å². The summed E-state index contributed by atoms with van der Waals surface area (Å²) in [6, 6.07) is 6.16. The lowest BCUT2D eigenvalue weighted by atomic mass is 10.1. The summed E-state index contributed by atoms with van der Waals surface area (Å²) in [5.74, 6) is -1.40. The van der Waals surface area contributed by atoms with E-state index in [4.69, 9.17) is 10.5 Å². The number of aryl methyl sites for hydroxylation is 1. The molecule has 0 aliphatic heterocycles. The second-order valence-electron chi connectivity index (χ2n) is 6.05. The normalized spacial score (nSPS) is 11.2. The van der Waals surface area contributed by atoms with Crippen molar-refractivity contribution < 1.29 is 32.3 Å². The molecule has 0 saturated carbocycles. The molecule has 3 N–H and O–H groups in total. The van der Waals surface area contributed by atoms with Crippen LogP contribution in [0.4, 0.5) is 23.7 Å². The SMILES string of the molecule is Cc1cc(C(=O)COC(=O)c2ccc(NC(N)=O)cc2)c(C)n1CC(F)(F)F. The molecule has 1 heterocycles. The Bertz CT molecular complexity index is 902. The Morgan fingerprint density at radius 2 is 1.75 bits per heavy atom. The zero-order valence-electron chi connectivity index (χ0n) is 15.1. The van der Waals surface area contributed by atoms with Crippen LogP contribution < -0.4 is 11.1 Å². The van der Waals surface area contributed by atoms with Gasteiger partial charge in [0.2, 0.25) is 5.78 Å². The van der Waals surface area contributed by atoms with Crippen molar-refractivity contribution >= 4 is 23.5 Å². The number of hydrogen-bond acceptors (Lipinski definition) is 4. The lowest BCUT2D eigenvalue weighted by Crippen LogP contribution is -2.20. The number of Topliss-reactive ketones (excluding diaryl/α,β-unsaturated/α-hetero) is 1. The summed E-state index contributed by atoms with van der Waals surface area (Å²) in [7, 11) is 0. The maximum absolute atomic E-state index is 12.6. The van der Waals surface area contributed by atoms with E-state index in [1.54, 1.807) is 0 Å². The van der Waals surface area contributed by atoms with Gasteiger partial charge in [-0.2, -0.15) is 13.2 Å². The first kappa shape index (κ1) is 21.0. The van der Waals surface area contributed by atoms with Gasteiger partial charge in [0.05, 0.1) is 5.56 Å². The van der Waals surface area contributed by atoms with E-state index in [-0.39, 0.29) is 22.5 Å². The van der Waals surface area contributed by atoms with Crippen LogP contribution in [0.5, 0.6) is 0 Å². The highest BCUT2D eigenvalue weighted by Gasteiger charge is 2.30. The summed E-state index contributed by atoms with van der Waals surface area (Å²) < 4.78 is 43.9. The van der Waals surface area contributed by atoms with E-state index in [1.807, 2.05) is 0 Å². The zero-order valence-corrected chi connectivity index (χ0v) is 15.1. The Labute approximate surface area is 158 Å². The second kappa shape index (κ2) is 8.15. The van der Waals surface area contributed by atoms with Gasteiger partial charge in [0.15, 0.2) is 6.61 Å². The van der Waals surface area contributed by atoms with Crippen LogP contribution in [-0.2, 0) is 11.3 Å². The van der Waals surface area contributed by atoms with E-state index in [0.717, 1.165) is 4.57 Å². The first-order valence-corrected chi connectivity index (χ1v) is 8.08. The Morgan fingerprint density at radius 3 is 2.29 bits per heavy atom. The molecule has 0 atom stereocenters. The average Bonchev–Trinajstić information content (AvgIpc) is 2.86. The fraction of sp³-hybridized carbons (Fsp3) is 0.278. The van der Waals surface area contributed by atoms with Crippen LogP contribution in [0.25, 0.3) is 0 Å². The van der Waals surface area contributed by atoms with E-state index in [1.165, 1.54) is 44.2 Å². The number of esters is 1. The standard InChI is InChI=1S/C18H18F3N3O4/c1-10-7-14(11(2)24(10)9-18(19,20)21)15(25)8-28-16(26)12-3-5-13(6-4-12)23-17(22)27/h3-7H,8-9H2,1-2H3,(H3,22,23,27). The Kier molecular flexibility index (Phi) is 6.12. The van der Waals surface area contributed by atoms with Crippen molar-refractivity contribution in [3.8, 4) is 0 Å². The van der Waals surface area contributed by atoms with E-state index in [2.05, 4.69) is 5.32 Å². The molecule has 7 nitrogen and oxygen atoms in total. The number of nitrogens with two attached hydrogens (primary N) is 1. The van der Waals surface area contributed by atoms with Crippen molar-refractivity contribution in [2.45, 2.75) is 26.6 Å². The quantitative estimate of drug-likeness (QED) is 0.577. The van der Waals surface area contributed by atoms with E-state index >= 15 is 0 Å². The molecule has 0 fully saturated rings. The summed E-state index contributed by atoms with van der Waals surface area (Å²) in [6.07, 6.45) is -4.42. The minimum atomic E-state index is -4.42. The number of hydrogen-bond donors (Lipinski definition) is 2. The molecule has 10 heteroatoms. The maximum atomic E-state index is 12.6. The number of ether oxygens (including phenoxy) is 1. The fourth-order valence-corrected chi connectivity index (χ4v) is 2.63. The molecule has 150 valence electrons. The molecular weight excluding hydrogens is 379 g/mol. The predicted octanol–water partition coefficient (Wildman–Crippen LogP) is 3.20. The molecule has 28 heavy (non-hydrogen) atoms. The Balaban J connectivity index is 2.03. The molecule has 2 rings (SSSR count). The number of aromatic nitrogens is 1. The minimum Gasteiger partial charge on any atom is -0.454 e. The van der Waals surface area contributed by atoms with E-state index in [0.29, 0.717) is 5.69 Å². The summed E-state index contributed by atoms with van der Waals surface area (Å²) in [6.45, 7) is 1.04. The van der Waals surface area contributed by atoms with Crippen LogP contribution in [0, 0.1) is 13.8 Å². The molecule has 0 aliphatic rings. The number of nitrogens with zero attached hydrogens (tertiary/aromatic N) is 1. The summed E-state index contributed by atoms with van der Waals surface area (Å²) in [5, 5.41) is 2.32. The van der Waals surface area contributed by atoms with Gasteiger partial charge in [0.25, 0.3) is 0 Å². The van der Waals surface area contributed by atoms with Crippen LogP contribution in [0.1, 0.15) is 32.1 Å². The number of halogens is 3. The molecular formula is C18H18F3N3O4. The summed E-state index contributed by atoms with van der Waals surface area (Å²) >= 11 is 0. The first-order valence-electron chi connectivity index (χ1n) is 8.08. The van der Waals surface area contributed by atoms with Gasteiger partial charge in [0.1, 0.15) is 6.54 Å². The molecule has 0 saturated heterocycles. The van der Waals surface area contributed by atoms with Crippen LogP contribution in [0.2, 0.25) is 0 Å². The van der Waals surface area contributed by atoms with Gasteiger partial charge in [-0.25, -0.2) is 9.59 Å². The van der Waals surface area contributed by atoms with Crippen molar-refractivity contribution in [1.29, 1.82) is 0 Å². The zero-order chi connectivity index (χ0) is 21.1. The number of benzene rings is 1. The second-order valence-corrected chi connectivity index (χ2v) is 6.05. The predicted molar refractivity (Wildman–Crippen MR) is 94.2 cm³/mol. The van der Waals surface area contributed by atoms with Crippen molar-refractivity contribution in [2.75, 3.05) is 11.9 Å². The van der Waals surface area contributed by atoms with Crippen LogP contribution >= 0.6 is 0 Å². The smallest absolute Gasteiger partial charge is 0.406 e. The molecule has 1 aromatic heterocycles. The molecule has 1 aromatic carbocycles. The number of carbonyl (C=O) groups is 3. The highest BCUT2D eigenvalue weighted by Crippen LogP contribution is 2.23. The largest absolute Gasteiger partial charge is 0.454 e. The van der Waals surface area contributed by atoms with Crippen LogP contribution in [0.15, 0.2) is 30.3 Å². The number of anilines is 1. The van der Waals surface area contributed by atoms with Gasteiger partial charge in [0, 0.05) is 22.6 Å². The number of carbonyl (C=O) groups excluding carboxylic acids is 3. The van der Waals surface area contributed by atoms with Crippen LogP contribution in [-0.4, -0.2) is 35.1 Å². The maximum Gasteiger partial charge on any atom is 0.406 e. The number of rotatable bonds is 6.